The SMILES string of the molecule is C[C@@H]1CN([C@H](C)CO)C(=O)c2cccc(NC(=O)Nc3cccc4ccccc34)c2O[C@@H]1CN(C)Cc1ccc2c(c1)OCO2. The van der Waals surface area contributed by atoms with Crippen LogP contribution in [-0.2, 0) is 6.54 Å². The predicted octanol–water partition coefficient (Wildman–Crippen LogP) is 5.56. The Labute approximate surface area is 262 Å². The van der Waals surface area contributed by atoms with Gasteiger partial charge in [0.1, 0.15) is 6.10 Å². The van der Waals surface area contributed by atoms with Gasteiger partial charge in [0.05, 0.1) is 29.6 Å². The Balaban J connectivity index is 1.27. The van der Waals surface area contributed by atoms with Gasteiger partial charge >= 0.3 is 6.03 Å². The summed E-state index contributed by atoms with van der Waals surface area (Å²) in [6, 6.07) is 23.8. The maximum atomic E-state index is 13.8. The largest absolute Gasteiger partial charge is 0.486 e. The molecule has 2 aliphatic heterocycles. The molecule has 0 fully saturated rings. The Bertz CT molecular complexity index is 1710. The molecule has 0 aromatic heterocycles. The number of carbonyl (C=O) groups excluding carboxylic acids is 2. The minimum absolute atomic E-state index is 0.0899. The summed E-state index contributed by atoms with van der Waals surface area (Å²) in [7, 11) is 2.02. The number of nitrogens with one attached hydrogen (secondary N) is 2. The number of fused-ring (bicyclic) bond motifs is 3. The second-order valence-corrected chi connectivity index (χ2v) is 11.8. The van der Waals surface area contributed by atoms with E-state index in [1.54, 1.807) is 23.1 Å². The van der Waals surface area contributed by atoms with Gasteiger partial charge in [0.15, 0.2) is 17.2 Å². The summed E-state index contributed by atoms with van der Waals surface area (Å²) in [5.41, 5.74) is 2.45. The first-order valence-electron chi connectivity index (χ1n) is 15.1. The topological polar surface area (TPSA) is 113 Å². The average molecular weight is 611 g/mol. The second kappa shape index (κ2) is 13.1. The van der Waals surface area contributed by atoms with Gasteiger partial charge < -0.3 is 34.9 Å². The first kappa shape index (κ1) is 30.2. The van der Waals surface area contributed by atoms with Crippen LogP contribution in [0.5, 0.6) is 17.2 Å². The van der Waals surface area contributed by atoms with Crippen molar-refractivity contribution < 1.29 is 28.9 Å². The zero-order valence-electron chi connectivity index (χ0n) is 25.7. The van der Waals surface area contributed by atoms with Crippen molar-refractivity contribution in [3.63, 3.8) is 0 Å². The molecule has 0 spiro atoms. The fraction of sp³-hybridized carbons (Fsp3) is 0.314. The van der Waals surface area contributed by atoms with Crippen LogP contribution < -0.4 is 24.8 Å². The third kappa shape index (κ3) is 6.52. The number of benzene rings is 4. The van der Waals surface area contributed by atoms with Crippen molar-refractivity contribution in [3.05, 3.63) is 90.0 Å². The van der Waals surface area contributed by atoms with Gasteiger partial charge in [-0.2, -0.15) is 0 Å². The van der Waals surface area contributed by atoms with Crippen molar-refractivity contribution in [1.29, 1.82) is 0 Å². The number of likely N-dealkylation sites (N-methyl/N-ethyl adjacent to an activating group) is 1. The number of anilines is 2. The number of para-hydroxylation sites is 1. The molecule has 6 rings (SSSR count). The quantitative estimate of drug-likeness (QED) is 0.239. The van der Waals surface area contributed by atoms with E-state index in [9.17, 15) is 14.7 Å². The summed E-state index contributed by atoms with van der Waals surface area (Å²) in [5, 5.41) is 17.8. The fourth-order valence-corrected chi connectivity index (χ4v) is 5.89. The van der Waals surface area contributed by atoms with E-state index in [0.29, 0.717) is 42.3 Å². The van der Waals surface area contributed by atoms with Crippen molar-refractivity contribution >= 4 is 34.1 Å². The summed E-state index contributed by atoms with van der Waals surface area (Å²) in [5.74, 6) is 1.42. The van der Waals surface area contributed by atoms with Crippen LogP contribution in [0.3, 0.4) is 0 Å². The van der Waals surface area contributed by atoms with Crippen molar-refractivity contribution in [2.75, 3.05) is 44.2 Å². The lowest BCUT2D eigenvalue weighted by Crippen LogP contribution is -2.49. The number of aliphatic hydroxyl groups excluding tert-OH is 1. The molecule has 2 heterocycles. The molecule has 10 heteroatoms. The van der Waals surface area contributed by atoms with Crippen molar-refractivity contribution in [2.45, 2.75) is 32.5 Å². The molecule has 4 aromatic carbocycles. The average Bonchev–Trinajstić information content (AvgIpc) is 3.51. The highest BCUT2D eigenvalue weighted by Gasteiger charge is 2.34. The van der Waals surface area contributed by atoms with Crippen LogP contribution in [0.25, 0.3) is 10.8 Å². The van der Waals surface area contributed by atoms with E-state index in [2.05, 4.69) is 15.5 Å². The van der Waals surface area contributed by atoms with Crippen molar-refractivity contribution in [3.8, 4) is 17.2 Å². The summed E-state index contributed by atoms with van der Waals surface area (Å²) in [6.45, 7) is 5.50. The molecule has 0 radical (unpaired) electrons. The normalized spacial score (nSPS) is 18.2. The standard InChI is InChI=1S/C35H38N4O6/c1-22-17-39(23(2)20-40)34(41)27-11-7-13-29(37-35(42)36-28-12-6-9-25-8-4-5-10-26(25)28)33(27)45-32(22)19-38(3)18-24-14-15-30-31(16-24)44-21-43-30/h4-16,22-23,32,40H,17-21H2,1-3H3,(H2,36,37,42)/t22-,23-,32-/m1/s1. The Morgan fingerprint density at radius 2 is 1.73 bits per heavy atom. The summed E-state index contributed by atoms with van der Waals surface area (Å²) in [6.07, 6.45) is -0.340. The molecule has 10 nitrogen and oxygen atoms in total. The third-order valence-corrected chi connectivity index (χ3v) is 8.36. The molecule has 234 valence electrons. The number of amides is 3. The van der Waals surface area contributed by atoms with Gasteiger partial charge in [0.2, 0.25) is 6.79 Å². The Kier molecular flexibility index (Phi) is 8.77. The fourth-order valence-electron chi connectivity index (χ4n) is 5.89. The first-order valence-corrected chi connectivity index (χ1v) is 15.1. The Hall–Kier alpha value is -4.80. The lowest BCUT2D eigenvalue weighted by molar-refractivity contribution is 0.0343. The smallest absolute Gasteiger partial charge is 0.323 e. The van der Waals surface area contributed by atoms with Crippen LogP contribution >= 0.6 is 0 Å². The number of carbonyl (C=O) groups is 2. The van der Waals surface area contributed by atoms with Gasteiger partial charge in [-0.15, -0.1) is 0 Å². The Morgan fingerprint density at radius 1 is 1.00 bits per heavy atom. The van der Waals surface area contributed by atoms with Gasteiger partial charge in [-0.25, -0.2) is 4.79 Å². The highest BCUT2D eigenvalue weighted by Crippen LogP contribution is 2.36. The molecule has 0 saturated carbocycles. The number of ether oxygens (including phenoxy) is 3. The van der Waals surface area contributed by atoms with Crippen LogP contribution in [-0.4, -0.2) is 72.5 Å². The number of rotatable bonds is 8. The van der Waals surface area contributed by atoms with E-state index in [-0.39, 0.29) is 31.3 Å². The summed E-state index contributed by atoms with van der Waals surface area (Å²) >= 11 is 0. The van der Waals surface area contributed by atoms with Gasteiger partial charge in [0, 0.05) is 30.9 Å². The molecular formula is C35H38N4O6. The monoisotopic (exact) mass is 610 g/mol. The molecule has 2 aliphatic rings. The molecule has 0 bridgehead atoms. The number of urea groups is 1. The van der Waals surface area contributed by atoms with Gasteiger partial charge in [-0.05, 0) is 55.3 Å². The van der Waals surface area contributed by atoms with E-state index >= 15 is 0 Å². The van der Waals surface area contributed by atoms with Crippen LogP contribution in [0.1, 0.15) is 29.8 Å². The Morgan fingerprint density at radius 3 is 2.58 bits per heavy atom. The van der Waals surface area contributed by atoms with Crippen molar-refractivity contribution in [2.24, 2.45) is 5.92 Å². The molecule has 3 atom stereocenters. The van der Waals surface area contributed by atoms with Gasteiger partial charge in [-0.1, -0.05) is 55.5 Å². The van der Waals surface area contributed by atoms with E-state index in [0.717, 1.165) is 27.8 Å². The number of hydrogen-bond donors (Lipinski definition) is 3. The number of hydrogen-bond acceptors (Lipinski definition) is 7. The highest BCUT2D eigenvalue weighted by molar-refractivity contribution is 6.08. The molecule has 3 N–H and O–H groups in total. The lowest BCUT2D eigenvalue weighted by atomic mass is 9.98. The first-order chi connectivity index (χ1) is 21.8. The molecular weight excluding hydrogens is 572 g/mol. The minimum Gasteiger partial charge on any atom is -0.486 e. The number of nitrogens with zero attached hydrogens (tertiary/aromatic N) is 2. The highest BCUT2D eigenvalue weighted by atomic mass is 16.7. The van der Waals surface area contributed by atoms with E-state index in [1.807, 2.05) is 81.6 Å². The van der Waals surface area contributed by atoms with Crippen molar-refractivity contribution in [1.82, 2.24) is 9.80 Å². The summed E-state index contributed by atoms with van der Waals surface area (Å²) in [4.78, 5) is 31.0. The minimum atomic E-state index is -0.456. The summed E-state index contributed by atoms with van der Waals surface area (Å²) < 4.78 is 17.7. The zero-order valence-corrected chi connectivity index (χ0v) is 25.7. The second-order valence-electron chi connectivity index (χ2n) is 11.8. The van der Waals surface area contributed by atoms with Crippen LogP contribution in [0, 0.1) is 5.92 Å². The maximum Gasteiger partial charge on any atom is 0.323 e. The molecule has 0 saturated heterocycles. The molecule has 4 aromatic rings. The van der Waals surface area contributed by atoms with Crippen LogP contribution in [0.15, 0.2) is 78.9 Å². The maximum absolute atomic E-state index is 13.8. The molecule has 0 unspecified atom stereocenters. The van der Waals surface area contributed by atoms with Gasteiger partial charge in [-0.3, -0.25) is 9.69 Å². The zero-order chi connectivity index (χ0) is 31.5. The van der Waals surface area contributed by atoms with Gasteiger partial charge in [0.25, 0.3) is 5.91 Å². The molecule has 45 heavy (non-hydrogen) atoms. The van der Waals surface area contributed by atoms with E-state index in [1.165, 1.54) is 0 Å². The lowest BCUT2D eigenvalue weighted by Gasteiger charge is -2.38. The molecule has 3 amide bonds. The van der Waals surface area contributed by atoms with Crippen LogP contribution in [0.4, 0.5) is 16.2 Å². The van der Waals surface area contributed by atoms with Crippen LogP contribution in [0.2, 0.25) is 0 Å². The third-order valence-electron chi connectivity index (χ3n) is 8.36. The molecule has 0 aliphatic carbocycles. The number of aliphatic hydroxyl groups is 1. The van der Waals surface area contributed by atoms with E-state index in [4.69, 9.17) is 14.2 Å². The predicted molar refractivity (Wildman–Crippen MR) is 173 cm³/mol. The van der Waals surface area contributed by atoms with E-state index < -0.39 is 12.1 Å².